The second kappa shape index (κ2) is 6.20. The molecule has 0 spiro atoms. The van der Waals surface area contributed by atoms with Gasteiger partial charge in [-0.25, -0.2) is 0 Å². The summed E-state index contributed by atoms with van der Waals surface area (Å²) in [4.78, 5) is 2.46. The van der Waals surface area contributed by atoms with E-state index in [1.807, 2.05) is 30.3 Å². The maximum absolute atomic E-state index is 5.47. The molecule has 1 aliphatic heterocycles. The smallest absolute Gasteiger partial charge is 0.167 e. The van der Waals surface area contributed by atoms with E-state index < -0.39 is 0 Å². The molecule has 1 saturated heterocycles. The summed E-state index contributed by atoms with van der Waals surface area (Å²) in [5, 5.41) is 7.63. The molecule has 1 unspecified atom stereocenters. The number of aromatic nitrogens is 1. The van der Waals surface area contributed by atoms with Gasteiger partial charge in [-0.1, -0.05) is 42.4 Å². The van der Waals surface area contributed by atoms with Crippen LogP contribution in [0.5, 0.6) is 0 Å². The number of hydrogen-bond donors (Lipinski definition) is 1. The normalized spacial score (nSPS) is 18.8. The monoisotopic (exact) mass is 271 g/mol. The van der Waals surface area contributed by atoms with Crippen LogP contribution < -0.4 is 5.32 Å². The Balaban J connectivity index is 1.70. The topological polar surface area (TPSA) is 41.3 Å². The Morgan fingerprint density at radius 3 is 2.90 bits per heavy atom. The molecule has 1 N–H and O–H groups in total. The first-order valence-electron chi connectivity index (χ1n) is 7.32. The lowest BCUT2D eigenvalue weighted by Gasteiger charge is -2.25. The van der Waals surface area contributed by atoms with E-state index in [-0.39, 0.29) is 0 Å². The number of hydrogen-bond acceptors (Lipinski definition) is 4. The number of nitrogens with zero attached hydrogens (tertiary/aromatic N) is 2. The van der Waals surface area contributed by atoms with Crippen LogP contribution in [0.1, 0.15) is 19.0 Å². The lowest BCUT2D eigenvalue weighted by Crippen LogP contribution is -2.36. The third kappa shape index (κ3) is 2.92. The van der Waals surface area contributed by atoms with Crippen molar-refractivity contribution < 1.29 is 4.52 Å². The van der Waals surface area contributed by atoms with Gasteiger partial charge in [-0.3, -0.25) is 4.90 Å². The van der Waals surface area contributed by atoms with Crippen molar-refractivity contribution in [1.82, 2.24) is 15.4 Å². The zero-order valence-corrected chi connectivity index (χ0v) is 11.9. The Bertz CT molecular complexity index is 532. The fourth-order valence-corrected chi connectivity index (χ4v) is 2.78. The van der Waals surface area contributed by atoms with Crippen molar-refractivity contribution in [3.8, 4) is 11.3 Å². The van der Waals surface area contributed by atoms with Gasteiger partial charge in [0.1, 0.15) is 0 Å². The molecule has 0 radical (unpaired) electrons. The van der Waals surface area contributed by atoms with E-state index in [1.165, 1.54) is 6.42 Å². The van der Waals surface area contributed by atoms with E-state index in [1.54, 1.807) is 0 Å². The molecular formula is C16H21N3O. The van der Waals surface area contributed by atoms with Crippen molar-refractivity contribution in [3.05, 3.63) is 42.1 Å². The SMILES string of the molecule is CCN(Cc1cc(-c2ccccc2)on1)C1CCNC1. The average molecular weight is 271 g/mol. The van der Waals surface area contributed by atoms with Crippen molar-refractivity contribution in [1.29, 1.82) is 0 Å². The molecule has 1 aromatic heterocycles. The third-order valence-corrected chi connectivity index (χ3v) is 3.94. The minimum Gasteiger partial charge on any atom is -0.356 e. The van der Waals surface area contributed by atoms with Crippen LogP contribution in [0.4, 0.5) is 0 Å². The lowest BCUT2D eigenvalue weighted by atomic mass is 10.1. The number of nitrogens with one attached hydrogen (secondary N) is 1. The Hall–Kier alpha value is -1.65. The molecule has 1 aliphatic rings. The molecule has 2 aromatic rings. The van der Waals surface area contributed by atoms with Gasteiger partial charge in [0.15, 0.2) is 5.76 Å². The Kier molecular flexibility index (Phi) is 4.14. The first-order valence-corrected chi connectivity index (χ1v) is 7.32. The van der Waals surface area contributed by atoms with Gasteiger partial charge in [0, 0.05) is 30.8 Å². The van der Waals surface area contributed by atoms with Gasteiger partial charge in [0.25, 0.3) is 0 Å². The van der Waals surface area contributed by atoms with Crippen molar-refractivity contribution >= 4 is 0 Å². The molecule has 2 heterocycles. The molecule has 1 atom stereocenters. The van der Waals surface area contributed by atoms with Crippen LogP contribution in [0.25, 0.3) is 11.3 Å². The highest BCUT2D eigenvalue weighted by molar-refractivity contribution is 5.56. The number of likely N-dealkylation sites (N-methyl/N-ethyl adjacent to an activating group) is 1. The van der Waals surface area contributed by atoms with Gasteiger partial charge in [-0.15, -0.1) is 0 Å². The van der Waals surface area contributed by atoms with Crippen LogP contribution in [-0.2, 0) is 6.54 Å². The summed E-state index contributed by atoms with van der Waals surface area (Å²) in [6, 6.07) is 12.8. The van der Waals surface area contributed by atoms with Gasteiger partial charge < -0.3 is 9.84 Å². The number of benzene rings is 1. The molecule has 4 nitrogen and oxygen atoms in total. The second-order valence-corrected chi connectivity index (χ2v) is 5.26. The summed E-state index contributed by atoms with van der Waals surface area (Å²) < 4.78 is 5.47. The molecule has 4 heteroatoms. The lowest BCUT2D eigenvalue weighted by molar-refractivity contribution is 0.204. The van der Waals surface area contributed by atoms with E-state index in [0.717, 1.165) is 43.2 Å². The summed E-state index contributed by atoms with van der Waals surface area (Å²) >= 11 is 0. The van der Waals surface area contributed by atoms with Crippen LogP contribution in [0, 0.1) is 0 Å². The molecule has 0 amide bonds. The fourth-order valence-electron chi connectivity index (χ4n) is 2.78. The van der Waals surface area contributed by atoms with Gasteiger partial charge in [-0.2, -0.15) is 0 Å². The summed E-state index contributed by atoms with van der Waals surface area (Å²) in [6.07, 6.45) is 1.22. The van der Waals surface area contributed by atoms with Gasteiger partial charge >= 0.3 is 0 Å². The zero-order chi connectivity index (χ0) is 13.8. The van der Waals surface area contributed by atoms with Crippen molar-refractivity contribution in [3.63, 3.8) is 0 Å². The van der Waals surface area contributed by atoms with Crippen LogP contribution in [0.15, 0.2) is 40.9 Å². The molecule has 1 aromatic carbocycles. The molecule has 1 fully saturated rings. The summed E-state index contributed by atoms with van der Waals surface area (Å²) in [5.74, 6) is 0.848. The van der Waals surface area contributed by atoms with Crippen LogP contribution in [-0.4, -0.2) is 35.7 Å². The Labute approximate surface area is 119 Å². The minimum atomic E-state index is 0.622. The summed E-state index contributed by atoms with van der Waals surface area (Å²) in [5.41, 5.74) is 2.09. The van der Waals surface area contributed by atoms with Gasteiger partial charge in [0.2, 0.25) is 0 Å². The summed E-state index contributed by atoms with van der Waals surface area (Å²) in [7, 11) is 0. The predicted octanol–water partition coefficient (Wildman–Crippen LogP) is 2.53. The van der Waals surface area contributed by atoms with E-state index in [0.29, 0.717) is 6.04 Å². The highest BCUT2D eigenvalue weighted by Crippen LogP contribution is 2.21. The molecule has 20 heavy (non-hydrogen) atoms. The van der Waals surface area contributed by atoms with Crippen LogP contribution in [0.2, 0.25) is 0 Å². The first-order chi connectivity index (χ1) is 9.86. The highest BCUT2D eigenvalue weighted by atomic mass is 16.5. The standard InChI is InChI=1S/C16H21N3O/c1-2-19(15-8-9-17-11-15)12-14-10-16(20-18-14)13-6-4-3-5-7-13/h3-7,10,15,17H,2,8-9,11-12H2,1H3. The van der Waals surface area contributed by atoms with Crippen LogP contribution in [0.3, 0.4) is 0 Å². The minimum absolute atomic E-state index is 0.622. The number of rotatable bonds is 5. The highest BCUT2D eigenvalue weighted by Gasteiger charge is 2.22. The van der Waals surface area contributed by atoms with Gasteiger partial charge in [0.05, 0.1) is 5.69 Å². The quantitative estimate of drug-likeness (QED) is 0.907. The second-order valence-electron chi connectivity index (χ2n) is 5.26. The van der Waals surface area contributed by atoms with Crippen molar-refractivity contribution in [2.75, 3.05) is 19.6 Å². The van der Waals surface area contributed by atoms with Crippen LogP contribution >= 0.6 is 0 Å². The summed E-state index contributed by atoms with van der Waals surface area (Å²) in [6.45, 7) is 6.31. The molecule has 3 rings (SSSR count). The van der Waals surface area contributed by atoms with Crippen molar-refractivity contribution in [2.24, 2.45) is 0 Å². The predicted molar refractivity (Wildman–Crippen MR) is 79.3 cm³/mol. The molecule has 0 aliphatic carbocycles. The zero-order valence-electron chi connectivity index (χ0n) is 11.9. The van der Waals surface area contributed by atoms with E-state index in [4.69, 9.17) is 4.52 Å². The van der Waals surface area contributed by atoms with Crippen molar-refractivity contribution in [2.45, 2.75) is 25.9 Å². The average Bonchev–Trinajstić information content (AvgIpc) is 3.17. The molecule has 106 valence electrons. The fraction of sp³-hybridized carbons (Fsp3) is 0.438. The van der Waals surface area contributed by atoms with E-state index in [2.05, 4.69) is 28.4 Å². The Morgan fingerprint density at radius 2 is 2.20 bits per heavy atom. The molecular weight excluding hydrogens is 250 g/mol. The van der Waals surface area contributed by atoms with E-state index >= 15 is 0 Å². The maximum Gasteiger partial charge on any atom is 0.167 e. The third-order valence-electron chi connectivity index (χ3n) is 3.94. The molecule has 0 saturated carbocycles. The Morgan fingerprint density at radius 1 is 1.35 bits per heavy atom. The maximum atomic E-state index is 5.47. The molecule has 0 bridgehead atoms. The largest absolute Gasteiger partial charge is 0.356 e. The first kappa shape index (κ1) is 13.3. The van der Waals surface area contributed by atoms with E-state index in [9.17, 15) is 0 Å². The van der Waals surface area contributed by atoms with Gasteiger partial charge in [-0.05, 0) is 19.5 Å².